The molecule has 0 fully saturated rings. The molecule has 2 unspecified atom stereocenters. The van der Waals surface area contributed by atoms with Gasteiger partial charge in [0.05, 0.1) is 0 Å². The van der Waals surface area contributed by atoms with Gasteiger partial charge in [-0.15, -0.1) is 0 Å². The van der Waals surface area contributed by atoms with E-state index >= 15 is 0 Å². The van der Waals surface area contributed by atoms with Crippen molar-refractivity contribution in [3.8, 4) is 17.3 Å². The van der Waals surface area contributed by atoms with Gasteiger partial charge >= 0.3 is 5.97 Å². The van der Waals surface area contributed by atoms with Crippen LogP contribution in [0.3, 0.4) is 0 Å². The van der Waals surface area contributed by atoms with E-state index < -0.39 is 29.3 Å². The predicted octanol–water partition coefficient (Wildman–Crippen LogP) is 5.52. The van der Waals surface area contributed by atoms with Crippen LogP contribution in [0.25, 0.3) is 11.6 Å². The van der Waals surface area contributed by atoms with Crippen molar-refractivity contribution in [1.82, 2.24) is 15.3 Å². The lowest BCUT2D eigenvalue weighted by molar-refractivity contribution is -0.122. The number of anilines is 1. The molecule has 3 atom stereocenters. The molecule has 2 aromatic carbocycles. The van der Waals surface area contributed by atoms with E-state index in [1.807, 2.05) is 44.2 Å². The van der Waals surface area contributed by atoms with Gasteiger partial charge in [-0.1, -0.05) is 44.2 Å². The van der Waals surface area contributed by atoms with Crippen LogP contribution in [-0.2, 0) is 21.4 Å². The maximum atomic E-state index is 13.1. The first-order valence-electron chi connectivity index (χ1n) is 14.2. The predicted molar refractivity (Wildman–Crippen MR) is 152 cm³/mol. The molecule has 1 spiro atoms. The molecule has 0 aliphatic carbocycles. The van der Waals surface area contributed by atoms with Gasteiger partial charge in [0, 0.05) is 17.7 Å². The van der Waals surface area contributed by atoms with Crippen molar-refractivity contribution >= 4 is 17.6 Å². The Morgan fingerprint density at radius 3 is 2.67 bits per heavy atom. The lowest BCUT2D eigenvalue weighted by Crippen LogP contribution is -2.40. The highest BCUT2D eigenvalue weighted by atomic mass is 16.6. The lowest BCUT2D eigenvalue weighted by Gasteiger charge is -2.27. The van der Waals surface area contributed by atoms with Crippen LogP contribution in [0.15, 0.2) is 57.6 Å². The summed E-state index contributed by atoms with van der Waals surface area (Å²) >= 11 is 0. The number of oxazole rings is 2. The van der Waals surface area contributed by atoms with Crippen molar-refractivity contribution in [3.63, 3.8) is 0 Å². The molecule has 0 radical (unpaired) electrons. The molecular weight excluding hydrogens is 536 g/mol. The number of nitrogens with one attached hydrogen (secondary N) is 2. The van der Waals surface area contributed by atoms with Crippen molar-refractivity contribution in [2.24, 2.45) is 5.92 Å². The van der Waals surface area contributed by atoms with Gasteiger partial charge in [-0.05, 0) is 56.4 Å². The number of aromatic nitrogens is 2. The average molecular weight is 569 g/mol. The van der Waals surface area contributed by atoms with Gasteiger partial charge < -0.3 is 28.9 Å². The molecule has 216 valence electrons. The molecule has 5 heterocycles. The summed E-state index contributed by atoms with van der Waals surface area (Å²) in [5.41, 5.74) is 2.45. The second-order valence-corrected chi connectivity index (χ2v) is 12.4. The van der Waals surface area contributed by atoms with Gasteiger partial charge in [0.2, 0.25) is 17.7 Å². The Balaban J connectivity index is 1.50. The highest BCUT2D eigenvalue weighted by molar-refractivity contribution is 5.88. The van der Waals surface area contributed by atoms with Gasteiger partial charge in [0.25, 0.3) is 0 Å². The maximum absolute atomic E-state index is 13.1. The monoisotopic (exact) mass is 568 g/mol. The molecule has 2 aromatic heterocycles. The van der Waals surface area contributed by atoms with Crippen molar-refractivity contribution in [1.29, 1.82) is 0 Å². The zero-order valence-electron chi connectivity index (χ0n) is 24.1. The SMILES string of the molecule is CC(C)C1NC(=O)CCc2ccc3c(c2)[C@@]2(c4ccccc4NC2O3)c2oc1nc2-c1nc(C(=O)OC(C)(C)C)co1. The normalized spacial score (nSPS) is 22.3. The summed E-state index contributed by atoms with van der Waals surface area (Å²) in [4.78, 5) is 35.4. The minimum atomic E-state index is -0.951. The van der Waals surface area contributed by atoms with Gasteiger partial charge in [-0.2, -0.15) is 0 Å². The van der Waals surface area contributed by atoms with Crippen LogP contribution in [0.5, 0.6) is 5.75 Å². The molecule has 3 aliphatic heterocycles. The van der Waals surface area contributed by atoms with Crippen LogP contribution < -0.4 is 15.4 Å². The van der Waals surface area contributed by atoms with Gasteiger partial charge in [-0.3, -0.25) is 4.79 Å². The van der Waals surface area contributed by atoms with E-state index in [4.69, 9.17) is 23.3 Å². The molecule has 0 saturated heterocycles. The Morgan fingerprint density at radius 1 is 1.07 bits per heavy atom. The Hall–Kier alpha value is -4.60. The summed E-state index contributed by atoms with van der Waals surface area (Å²) in [5, 5.41) is 6.66. The van der Waals surface area contributed by atoms with Crippen LogP contribution >= 0.6 is 0 Å². The van der Waals surface area contributed by atoms with E-state index in [0.717, 1.165) is 22.4 Å². The number of nitrogens with zero attached hydrogens (tertiary/aromatic N) is 2. The summed E-state index contributed by atoms with van der Waals surface area (Å²) in [6, 6.07) is 13.5. The summed E-state index contributed by atoms with van der Waals surface area (Å²) in [6.07, 6.45) is 1.60. The number of amides is 1. The number of benzene rings is 2. The number of aryl methyl sites for hydroxylation is 1. The number of rotatable bonds is 3. The highest BCUT2D eigenvalue weighted by Gasteiger charge is 2.61. The number of hydrogen-bond donors (Lipinski definition) is 2. The van der Waals surface area contributed by atoms with Gasteiger partial charge in [0.1, 0.15) is 29.1 Å². The number of carbonyl (C=O) groups excluding carboxylic acids is 2. The molecular formula is C32H32N4O6. The summed E-state index contributed by atoms with van der Waals surface area (Å²) < 4.78 is 24.7. The zero-order chi connectivity index (χ0) is 29.4. The lowest BCUT2D eigenvalue weighted by atomic mass is 9.72. The van der Waals surface area contributed by atoms with Crippen molar-refractivity contribution in [2.45, 2.75) is 70.7 Å². The molecule has 0 saturated carbocycles. The zero-order valence-corrected chi connectivity index (χ0v) is 24.1. The number of carbonyl (C=O) groups is 2. The third-order valence-electron chi connectivity index (χ3n) is 7.95. The molecule has 42 heavy (non-hydrogen) atoms. The summed E-state index contributed by atoms with van der Waals surface area (Å²) in [7, 11) is 0. The number of esters is 1. The van der Waals surface area contributed by atoms with Crippen molar-refractivity contribution in [2.75, 3.05) is 5.32 Å². The Morgan fingerprint density at radius 2 is 1.88 bits per heavy atom. The van der Waals surface area contributed by atoms with Gasteiger partial charge in [0.15, 0.2) is 23.4 Å². The molecule has 2 N–H and O–H groups in total. The minimum Gasteiger partial charge on any atom is -0.469 e. The molecule has 10 heteroatoms. The standard InChI is InChI=1S/C32H32N4O6/c1-16(2)24-28-36-25(27-33-21(15-39-27)29(38)42-31(3,4)5)26(41-28)32-18-8-6-7-9-20(18)34-30(32)40-22-12-10-17(14-19(22)32)11-13-23(37)35-24/h6-10,12,14-16,24,30,34H,11,13H2,1-5H3,(H,35,37)/t24?,30?,32-/m0/s1. The van der Waals surface area contributed by atoms with Crippen LogP contribution in [0.2, 0.25) is 0 Å². The van der Waals surface area contributed by atoms with Crippen LogP contribution in [0.1, 0.15) is 85.9 Å². The fourth-order valence-corrected chi connectivity index (χ4v) is 6.09. The quantitative estimate of drug-likeness (QED) is 0.307. The second kappa shape index (κ2) is 9.20. The molecule has 7 rings (SSSR count). The van der Waals surface area contributed by atoms with Crippen LogP contribution in [-0.4, -0.2) is 33.7 Å². The summed E-state index contributed by atoms with van der Waals surface area (Å²) in [6.45, 7) is 9.36. The number of hydrogen-bond acceptors (Lipinski definition) is 9. The number of ether oxygens (including phenoxy) is 2. The second-order valence-electron chi connectivity index (χ2n) is 12.4. The largest absolute Gasteiger partial charge is 0.469 e. The Labute approximate surface area is 242 Å². The summed E-state index contributed by atoms with van der Waals surface area (Å²) in [5.74, 6) is 0.843. The molecule has 3 aliphatic rings. The van der Waals surface area contributed by atoms with E-state index in [1.165, 1.54) is 6.26 Å². The van der Waals surface area contributed by atoms with E-state index in [9.17, 15) is 9.59 Å². The molecule has 4 bridgehead atoms. The van der Waals surface area contributed by atoms with Crippen molar-refractivity contribution < 1.29 is 27.9 Å². The smallest absolute Gasteiger partial charge is 0.360 e. The third-order valence-corrected chi connectivity index (χ3v) is 7.95. The van der Waals surface area contributed by atoms with Crippen LogP contribution in [0, 0.1) is 5.92 Å². The molecule has 10 nitrogen and oxygen atoms in total. The van der Waals surface area contributed by atoms with E-state index in [1.54, 1.807) is 20.8 Å². The van der Waals surface area contributed by atoms with Crippen molar-refractivity contribution in [3.05, 3.63) is 82.8 Å². The highest BCUT2D eigenvalue weighted by Crippen LogP contribution is 2.59. The first-order chi connectivity index (χ1) is 20.0. The number of fused-ring (bicyclic) bond motifs is 4. The van der Waals surface area contributed by atoms with Gasteiger partial charge in [-0.25, -0.2) is 14.8 Å². The fourth-order valence-electron chi connectivity index (χ4n) is 6.09. The molecule has 1 amide bonds. The van der Waals surface area contributed by atoms with E-state index in [0.29, 0.717) is 35.9 Å². The first-order valence-corrected chi connectivity index (χ1v) is 14.2. The first kappa shape index (κ1) is 26.3. The third kappa shape index (κ3) is 4.00. The van der Waals surface area contributed by atoms with E-state index in [2.05, 4.69) is 27.8 Å². The van der Waals surface area contributed by atoms with Crippen LogP contribution in [0.4, 0.5) is 5.69 Å². The average Bonchev–Trinajstić information content (AvgIpc) is 3.69. The topological polar surface area (TPSA) is 129 Å². The minimum absolute atomic E-state index is 0.0198. The molecule has 4 aromatic rings. The fraction of sp³-hybridized carbons (Fsp3) is 0.375. The van der Waals surface area contributed by atoms with E-state index in [-0.39, 0.29) is 23.4 Å². The maximum Gasteiger partial charge on any atom is 0.360 e. The number of para-hydroxylation sites is 1. The Bertz CT molecular complexity index is 1730. The Kier molecular flexibility index (Phi) is 5.77.